The number of anilines is 1. The van der Waals surface area contributed by atoms with E-state index in [1.807, 2.05) is 78.1 Å². The minimum Gasteiger partial charge on any atom is -0.490 e. The number of carbonyl (C=O) groups excluding carboxylic acids is 1. The Balaban J connectivity index is 1.55. The summed E-state index contributed by atoms with van der Waals surface area (Å²) in [5.74, 6) is 0.586. The second kappa shape index (κ2) is 14.0. The largest absolute Gasteiger partial charge is 0.490 e. The van der Waals surface area contributed by atoms with Gasteiger partial charge in [-0.15, -0.1) is 0 Å². The molecule has 4 aromatic rings. The van der Waals surface area contributed by atoms with E-state index >= 15 is 0 Å². The molecule has 1 fully saturated rings. The molecule has 0 unspecified atom stereocenters. The lowest BCUT2D eigenvalue weighted by Crippen LogP contribution is -2.45. The Bertz CT molecular complexity index is 1850. The molecule has 0 saturated carbocycles. The third-order valence-electron chi connectivity index (χ3n) is 9.23. The van der Waals surface area contributed by atoms with Gasteiger partial charge in [0.05, 0.1) is 36.2 Å². The highest BCUT2D eigenvalue weighted by Crippen LogP contribution is 2.40. The van der Waals surface area contributed by atoms with E-state index in [4.69, 9.17) is 23.9 Å². The zero-order valence-corrected chi connectivity index (χ0v) is 29.7. The van der Waals surface area contributed by atoms with Crippen molar-refractivity contribution >= 4 is 17.4 Å². The predicted molar refractivity (Wildman–Crippen MR) is 191 cm³/mol. The van der Waals surface area contributed by atoms with Gasteiger partial charge in [0.15, 0.2) is 6.10 Å². The average molecular weight is 670 g/mol. The Hall–Kier alpha value is -4.21. The van der Waals surface area contributed by atoms with Crippen molar-refractivity contribution in [3.63, 3.8) is 0 Å². The highest BCUT2D eigenvalue weighted by atomic mass is 19.1. The third kappa shape index (κ3) is 7.68. The summed E-state index contributed by atoms with van der Waals surface area (Å²) in [5, 5.41) is 0. The molecule has 260 valence electrons. The maximum absolute atomic E-state index is 14.5. The summed E-state index contributed by atoms with van der Waals surface area (Å²) in [6.45, 7) is 16.0. The first-order valence-electron chi connectivity index (χ1n) is 17.3. The normalized spacial score (nSPS) is 21.2. The van der Waals surface area contributed by atoms with E-state index in [1.54, 1.807) is 6.07 Å². The number of nitrogens with zero attached hydrogens (tertiary/aromatic N) is 3. The van der Waals surface area contributed by atoms with Crippen LogP contribution < -0.4 is 9.64 Å². The van der Waals surface area contributed by atoms with Crippen LogP contribution in [0, 0.1) is 12.7 Å². The quantitative estimate of drug-likeness (QED) is 0.159. The first-order chi connectivity index (χ1) is 23.3. The third-order valence-corrected chi connectivity index (χ3v) is 9.23. The first-order valence-corrected chi connectivity index (χ1v) is 17.3. The minimum atomic E-state index is -0.937. The van der Waals surface area contributed by atoms with Crippen LogP contribution in [0.3, 0.4) is 0 Å². The van der Waals surface area contributed by atoms with Crippen molar-refractivity contribution in [3.05, 3.63) is 83.8 Å². The Morgan fingerprint density at radius 2 is 1.86 bits per heavy atom. The Morgan fingerprint density at radius 1 is 1.10 bits per heavy atom. The van der Waals surface area contributed by atoms with Gasteiger partial charge in [0, 0.05) is 48.5 Å². The molecule has 49 heavy (non-hydrogen) atoms. The molecule has 1 saturated heterocycles. The summed E-state index contributed by atoms with van der Waals surface area (Å²) in [4.78, 5) is 21.1. The number of piperidine rings is 1. The molecule has 0 N–H and O–H groups in total. The number of benzene rings is 2. The fourth-order valence-electron chi connectivity index (χ4n) is 6.71. The van der Waals surface area contributed by atoms with Gasteiger partial charge in [0.2, 0.25) is 0 Å². The second-order valence-electron chi connectivity index (χ2n) is 14.4. The molecular weight excluding hydrogens is 621 g/mol. The van der Waals surface area contributed by atoms with Gasteiger partial charge in [-0.3, -0.25) is 4.40 Å². The monoisotopic (exact) mass is 669 g/mol. The fourth-order valence-corrected chi connectivity index (χ4v) is 6.71. The number of aryl methyl sites for hydroxylation is 1. The van der Waals surface area contributed by atoms with Gasteiger partial charge in [-0.1, -0.05) is 30.4 Å². The summed E-state index contributed by atoms with van der Waals surface area (Å²) >= 11 is 0. The number of rotatable bonds is 4. The number of esters is 1. The number of imidazole rings is 1. The summed E-state index contributed by atoms with van der Waals surface area (Å²) in [7, 11) is 0. The number of ether oxygens (including phenoxy) is 4. The molecule has 0 spiro atoms. The Labute approximate surface area is 288 Å². The molecule has 6 bridgehead atoms. The molecule has 0 aliphatic carbocycles. The molecule has 3 aliphatic heterocycles. The van der Waals surface area contributed by atoms with Gasteiger partial charge in [-0.2, -0.15) is 0 Å². The molecule has 9 heteroatoms. The molecule has 0 radical (unpaired) electrons. The molecule has 7 rings (SSSR count). The first kappa shape index (κ1) is 34.6. The van der Waals surface area contributed by atoms with E-state index in [9.17, 15) is 9.18 Å². The zero-order chi connectivity index (χ0) is 34.9. The van der Waals surface area contributed by atoms with Gasteiger partial charge in [0.1, 0.15) is 23.0 Å². The van der Waals surface area contributed by atoms with Crippen LogP contribution in [0.15, 0.2) is 66.9 Å². The number of halogens is 1. The van der Waals surface area contributed by atoms with E-state index in [2.05, 4.69) is 28.4 Å². The number of aromatic nitrogens is 2. The Kier molecular flexibility index (Phi) is 9.87. The van der Waals surface area contributed by atoms with Gasteiger partial charge < -0.3 is 23.8 Å². The maximum atomic E-state index is 14.5. The number of hydrogen-bond acceptors (Lipinski definition) is 7. The van der Waals surface area contributed by atoms with Gasteiger partial charge in [-0.25, -0.2) is 14.2 Å². The van der Waals surface area contributed by atoms with Crippen molar-refractivity contribution in [1.29, 1.82) is 0 Å². The van der Waals surface area contributed by atoms with Crippen molar-refractivity contribution in [2.45, 2.75) is 91.1 Å². The molecule has 0 amide bonds. The number of pyridine rings is 1. The summed E-state index contributed by atoms with van der Waals surface area (Å²) in [6.07, 6.45) is 7.28. The average Bonchev–Trinajstić information content (AvgIpc) is 3.47. The van der Waals surface area contributed by atoms with Crippen LogP contribution in [0.25, 0.3) is 28.0 Å². The van der Waals surface area contributed by atoms with Crippen LogP contribution >= 0.6 is 0 Å². The van der Waals surface area contributed by atoms with Crippen molar-refractivity contribution in [2.75, 3.05) is 31.2 Å². The highest BCUT2D eigenvalue weighted by Gasteiger charge is 2.37. The van der Waals surface area contributed by atoms with E-state index in [0.717, 1.165) is 70.9 Å². The molecule has 5 heterocycles. The lowest BCUT2D eigenvalue weighted by molar-refractivity contribution is -0.166. The van der Waals surface area contributed by atoms with Crippen molar-refractivity contribution in [1.82, 2.24) is 9.38 Å². The summed E-state index contributed by atoms with van der Waals surface area (Å²) < 4.78 is 41.4. The fraction of sp³-hybridized carbons (Fsp3) is 0.450. The summed E-state index contributed by atoms with van der Waals surface area (Å²) in [5.41, 5.74) is 4.87. The molecule has 2 atom stereocenters. The van der Waals surface area contributed by atoms with Gasteiger partial charge in [0.25, 0.3) is 0 Å². The van der Waals surface area contributed by atoms with Gasteiger partial charge >= 0.3 is 5.97 Å². The minimum absolute atomic E-state index is 0.167. The van der Waals surface area contributed by atoms with E-state index < -0.39 is 17.7 Å². The van der Waals surface area contributed by atoms with Crippen LogP contribution in [0.2, 0.25) is 0 Å². The smallest absolute Gasteiger partial charge is 0.340 e. The molecular formula is C40H48FN3O5. The van der Waals surface area contributed by atoms with Crippen LogP contribution in [-0.4, -0.2) is 59.0 Å². The number of carbonyl (C=O) groups is 1. The predicted octanol–water partition coefficient (Wildman–Crippen LogP) is 8.64. The molecule has 2 aromatic carbocycles. The van der Waals surface area contributed by atoms with Crippen LogP contribution in [0.1, 0.15) is 78.0 Å². The number of fused-ring (bicyclic) bond motifs is 7. The van der Waals surface area contributed by atoms with E-state index in [0.29, 0.717) is 18.8 Å². The van der Waals surface area contributed by atoms with Crippen LogP contribution in [-0.2, 0) is 19.0 Å². The molecule has 3 aliphatic rings. The molecule has 8 nitrogen and oxygen atoms in total. The van der Waals surface area contributed by atoms with Crippen molar-refractivity contribution in [3.8, 4) is 28.1 Å². The lowest BCUT2D eigenvalue weighted by Gasteiger charge is -2.41. The zero-order valence-electron chi connectivity index (χ0n) is 29.7. The van der Waals surface area contributed by atoms with Gasteiger partial charge in [-0.05, 0) is 96.7 Å². The SMILES string of the molecule is CCOC(=O)[C@@H](OC(C)(C)C)c1c(C)cc2nc3cn2c1N1CCC(C)(CC1)OC/C=C\C[C@H](C)Oc1cc(F)ccc1-c1cccc-3c1. The molecule has 2 aromatic heterocycles. The lowest BCUT2D eigenvalue weighted by atomic mass is 9.92. The van der Waals surface area contributed by atoms with Crippen LogP contribution in [0.4, 0.5) is 10.2 Å². The Morgan fingerprint density at radius 3 is 2.59 bits per heavy atom. The number of hydrogen-bond donors (Lipinski definition) is 0. The highest BCUT2D eigenvalue weighted by molar-refractivity contribution is 5.82. The van der Waals surface area contributed by atoms with Crippen molar-refractivity contribution < 1.29 is 28.1 Å². The second-order valence-corrected chi connectivity index (χ2v) is 14.4. The standard InChI is InChI=1S/C40H48FN3O5/c1-8-46-38(45)36(49-39(4,5)6)35-26(2)22-34-42-32-25-44(34)37(35)43-19-17-40(7,18-20-43)47-21-10-9-12-27(3)48-33-24-30(41)15-16-31(33)28-13-11-14-29(32)23-28/h9-11,13-16,22-25,27,36H,8,12,17-21H2,1-7H3/b10-9-/t27-,36-/m0/s1. The van der Waals surface area contributed by atoms with Crippen LogP contribution in [0.5, 0.6) is 5.75 Å². The summed E-state index contributed by atoms with van der Waals surface area (Å²) in [6, 6.07) is 14.7. The topological polar surface area (TPSA) is 74.5 Å². The van der Waals surface area contributed by atoms with E-state index in [-0.39, 0.29) is 24.1 Å². The maximum Gasteiger partial charge on any atom is 0.340 e. The van der Waals surface area contributed by atoms with Crippen molar-refractivity contribution in [2.24, 2.45) is 0 Å². The van der Waals surface area contributed by atoms with E-state index in [1.165, 1.54) is 12.1 Å².